The molecule has 1 N–H and O–H groups in total. The maximum absolute atomic E-state index is 13.9. The molecule has 0 saturated carbocycles. The Morgan fingerprint density at radius 2 is 1.31 bits per heavy atom. The Bertz CT molecular complexity index is 3280. The number of aryl methyl sites for hydroxylation is 2. The Balaban J connectivity index is 1.28. The summed E-state index contributed by atoms with van der Waals surface area (Å²) in [6.45, 7) is 3.65. The van der Waals surface area contributed by atoms with Crippen LogP contribution < -0.4 is 8.37 Å². The second kappa shape index (κ2) is 14.6. The molecule has 0 fully saturated rings. The van der Waals surface area contributed by atoms with Crippen LogP contribution in [0.2, 0.25) is 0 Å². The van der Waals surface area contributed by atoms with E-state index in [0.717, 1.165) is 44.1 Å². The van der Waals surface area contributed by atoms with Crippen molar-refractivity contribution >= 4 is 76.0 Å². The zero-order chi connectivity index (χ0) is 40.2. The summed E-state index contributed by atoms with van der Waals surface area (Å²) in [5.74, 6) is -0.629. The van der Waals surface area contributed by atoms with Gasteiger partial charge in [-0.1, -0.05) is 82.9 Å². The minimum absolute atomic E-state index is 0.0323. The highest BCUT2D eigenvalue weighted by Crippen LogP contribution is 2.42. The molecule has 0 bridgehead atoms. The number of oxazole rings is 1. The van der Waals surface area contributed by atoms with E-state index in [4.69, 9.17) is 28.1 Å². The van der Waals surface area contributed by atoms with Crippen LogP contribution in [0.15, 0.2) is 146 Å². The molecule has 0 atom stereocenters. The average Bonchev–Trinajstić information content (AvgIpc) is 3.86. The second-order valence-electron chi connectivity index (χ2n) is 13.2. The van der Waals surface area contributed by atoms with Gasteiger partial charge < -0.3 is 12.8 Å². The van der Waals surface area contributed by atoms with E-state index >= 15 is 0 Å². The number of rotatable bonds is 11. The third-order valence-corrected chi connectivity index (χ3v) is 12.4. The molecule has 290 valence electrons. The van der Waals surface area contributed by atoms with Crippen LogP contribution in [0, 0.1) is 13.8 Å². The molecular formula is C41H28N4O10S3. The summed E-state index contributed by atoms with van der Waals surface area (Å²) >= 11 is 0.792. The number of fused-ring (bicyclic) bond motifs is 6. The first-order valence-electron chi connectivity index (χ1n) is 17.4. The monoisotopic (exact) mass is 832 g/mol. The third kappa shape index (κ3) is 6.99. The van der Waals surface area contributed by atoms with Crippen LogP contribution in [0.3, 0.4) is 0 Å². The van der Waals surface area contributed by atoms with Gasteiger partial charge in [-0.2, -0.15) is 16.8 Å². The number of aromatic nitrogens is 4. The molecule has 0 aliphatic carbocycles. The predicted molar refractivity (Wildman–Crippen MR) is 216 cm³/mol. The van der Waals surface area contributed by atoms with Gasteiger partial charge >= 0.3 is 20.2 Å². The maximum atomic E-state index is 13.9. The predicted octanol–water partition coefficient (Wildman–Crippen LogP) is 9.12. The molecule has 2 aromatic heterocycles. The Morgan fingerprint density at radius 3 is 2.02 bits per heavy atom. The fraction of sp³-hybridized carbons (Fsp3) is 0.0488. The fourth-order valence-electron chi connectivity index (χ4n) is 6.42. The zero-order valence-corrected chi connectivity index (χ0v) is 32.7. The van der Waals surface area contributed by atoms with Crippen molar-refractivity contribution < 1.29 is 44.2 Å². The lowest BCUT2D eigenvalue weighted by Gasteiger charge is -2.16. The van der Waals surface area contributed by atoms with Crippen LogP contribution in [0.5, 0.6) is 11.5 Å². The lowest BCUT2D eigenvalue weighted by atomic mass is 10.1. The quantitative estimate of drug-likeness (QED) is 0.0564. The lowest BCUT2D eigenvalue weighted by molar-refractivity contribution is -0.432. The van der Waals surface area contributed by atoms with Crippen LogP contribution in [0.4, 0.5) is 0 Å². The van der Waals surface area contributed by atoms with E-state index in [1.807, 2.05) is 44.2 Å². The molecule has 17 heteroatoms. The molecule has 0 saturated heterocycles. The first-order valence-corrected chi connectivity index (χ1v) is 21.0. The highest BCUT2D eigenvalue weighted by Gasteiger charge is 2.29. The van der Waals surface area contributed by atoms with Gasteiger partial charge in [-0.25, -0.2) is 10.2 Å². The molecule has 2 heterocycles. The van der Waals surface area contributed by atoms with Crippen LogP contribution >= 0.6 is 12.0 Å². The Labute approximate surface area is 334 Å². The van der Waals surface area contributed by atoms with Crippen molar-refractivity contribution in [3.63, 3.8) is 0 Å². The van der Waals surface area contributed by atoms with Gasteiger partial charge in [-0.15, -0.1) is 19.3 Å². The minimum Gasteiger partial charge on any atom is -0.435 e. The summed E-state index contributed by atoms with van der Waals surface area (Å²) in [5, 5.41) is 24.8. The standard InChI is InChI=1S/C41H28N4O10S3/c1-24-7-14-29(15-8-24)57(47,48)52-37-23-36(45-43-34-19-12-27-21-28(56-55-54-46)13-18-31(27)39(34)44-45)38(53-58(49,50)30-16-9-25(2)10-17-30)22-33(37)41-42-35-20-11-26-5-3-4-6-32(26)40(35)51-41/h3-23,46H,1-2H3. The van der Waals surface area contributed by atoms with Gasteiger partial charge in [-0.05, 0) is 73.2 Å². The Hall–Kier alpha value is -6.34. The van der Waals surface area contributed by atoms with Gasteiger partial charge in [0.15, 0.2) is 17.1 Å². The molecule has 0 aliphatic heterocycles. The van der Waals surface area contributed by atoms with Gasteiger partial charge in [0.25, 0.3) is 0 Å². The topological polar surface area (TPSA) is 182 Å². The zero-order valence-electron chi connectivity index (χ0n) is 30.3. The Kier molecular flexibility index (Phi) is 9.35. The van der Waals surface area contributed by atoms with Crippen LogP contribution in [0.1, 0.15) is 11.1 Å². The number of benzene rings is 7. The van der Waals surface area contributed by atoms with E-state index in [9.17, 15) is 16.8 Å². The van der Waals surface area contributed by atoms with Crippen LogP contribution in [0.25, 0.3) is 60.8 Å². The summed E-state index contributed by atoms with van der Waals surface area (Å²) in [6.07, 6.45) is 0. The van der Waals surface area contributed by atoms with Crippen LogP contribution in [-0.4, -0.2) is 42.1 Å². The number of hydrogen-bond acceptors (Lipinski definition) is 14. The first kappa shape index (κ1) is 37.2. The van der Waals surface area contributed by atoms with Crippen molar-refractivity contribution in [3.05, 3.63) is 139 Å². The largest absolute Gasteiger partial charge is 0.435 e. The Morgan fingerprint density at radius 1 is 0.655 bits per heavy atom. The summed E-state index contributed by atoms with van der Waals surface area (Å²) in [5.41, 5.74) is 3.28. The summed E-state index contributed by atoms with van der Waals surface area (Å²) in [7, 11) is -9.01. The molecule has 7 aromatic carbocycles. The molecular weight excluding hydrogens is 805 g/mol. The van der Waals surface area contributed by atoms with E-state index in [0.29, 0.717) is 32.4 Å². The lowest BCUT2D eigenvalue weighted by Crippen LogP contribution is -2.14. The van der Waals surface area contributed by atoms with Crippen molar-refractivity contribution in [2.75, 3.05) is 0 Å². The molecule has 0 spiro atoms. The molecule has 0 unspecified atom stereocenters. The van der Waals surface area contributed by atoms with E-state index in [1.165, 1.54) is 36.4 Å². The average molecular weight is 833 g/mol. The number of hydrogen-bond donors (Lipinski definition) is 1. The van der Waals surface area contributed by atoms with Gasteiger partial charge in [-0.3, -0.25) is 0 Å². The van der Waals surface area contributed by atoms with Gasteiger partial charge in [0.1, 0.15) is 32.0 Å². The molecule has 0 amide bonds. The summed E-state index contributed by atoms with van der Waals surface area (Å²) in [6, 6.07) is 34.7. The summed E-state index contributed by atoms with van der Waals surface area (Å²) in [4.78, 5) is 6.20. The highest BCUT2D eigenvalue weighted by atomic mass is 32.2. The second-order valence-corrected chi connectivity index (χ2v) is 17.1. The molecule has 0 aliphatic rings. The van der Waals surface area contributed by atoms with E-state index in [2.05, 4.69) is 14.5 Å². The minimum atomic E-state index is -4.51. The van der Waals surface area contributed by atoms with Crippen molar-refractivity contribution in [1.82, 2.24) is 20.0 Å². The van der Waals surface area contributed by atoms with Gasteiger partial charge in [0, 0.05) is 27.8 Å². The van der Waals surface area contributed by atoms with Crippen molar-refractivity contribution in [2.45, 2.75) is 28.5 Å². The number of nitrogens with zero attached hydrogens (tertiary/aromatic N) is 4. The first-order chi connectivity index (χ1) is 28.0. The van der Waals surface area contributed by atoms with Crippen LogP contribution in [-0.2, 0) is 29.6 Å². The van der Waals surface area contributed by atoms with E-state index in [-0.39, 0.29) is 38.4 Å². The van der Waals surface area contributed by atoms with Crippen molar-refractivity contribution in [2.24, 2.45) is 0 Å². The smallest absolute Gasteiger partial charge is 0.339 e. The highest BCUT2D eigenvalue weighted by molar-refractivity contribution is 7.94. The van der Waals surface area contributed by atoms with Crippen molar-refractivity contribution in [1.29, 1.82) is 0 Å². The summed E-state index contributed by atoms with van der Waals surface area (Å²) < 4.78 is 78.4. The van der Waals surface area contributed by atoms with Gasteiger partial charge in [0.05, 0.1) is 17.6 Å². The molecule has 14 nitrogen and oxygen atoms in total. The maximum Gasteiger partial charge on any atom is 0.339 e. The van der Waals surface area contributed by atoms with E-state index < -0.39 is 20.2 Å². The van der Waals surface area contributed by atoms with Crippen molar-refractivity contribution in [3.8, 4) is 28.6 Å². The molecule has 0 radical (unpaired) electrons. The molecule has 9 rings (SSSR count). The normalized spacial score (nSPS) is 12.2. The molecule has 9 aromatic rings. The van der Waals surface area contributed by atoms with Gasteiger partial charge in [0.2, 0.25) is 5.89 Å². The molecule has 58 heavy (non-hydrogen) atoms. The fourth-order valence-corrected chi connectivity index (χ4v) is 8.70. The third-order valence-electron chi connectivity index (χ3n) is 9.30. The SMILES string of the molecule is Cc1ccc(S(=O)(=O)Oc2cc(-n3nc4ccc5cc(SOOO)ccc5c4n3)c(OS(=O)(=O)c3ccc(C)cc3)cc2-c2nc3ccc4ccccc4c3o2)cc1. The van der Waals surface area contributed by atoms with E-state index in [1.54, 1.807) is 60.7 Å².